The number of benzene rings is 2. The molecule has 2 aromatic carbocycles. The van der Waals surface area contributed by atoms with Crippen LogP contribution in [0.4, 0.5) is 0 Å². The van der Waals surface area contributed by atoms with Crippen molar-refractivity contribution in [2.75, 3.05) is 13.7 Å². The molecule has 0 radical (unpaired) electrons. The fourth-order valence-corrected chi connectivity index (χ4v) is 4.18. The largest absolute Gasteiger partial charge is 0.493 e. The number of halogens is 1. The van der Waals surface area contributed by atoms with Gasteiger partial charge in [0.25, 0.3) is 11.1 Å². The Labute approximate surface area is 186 Å². The summed E-state index contributed by atoms with van der Waals surface area (Å²) in [4.78, 5) is 29.6. The molecule has 2 heterocycles. The molecular weight excluding hydrogens is 438 g/mol. The Kier molecular flexibility index (Phi) is 6.01. The van der Waals surface area contributed by atoms with Crippen LogP contribution < -0.4 is 25.1 Å². The van der Waals surface area contributed by atoms with Gasteiger partial charge >= 0.3 is 0 Å². The summed E-state index contributed by atoms with van der Waals surface area (Å²) in [6.07, 6.45) is 1.90. The van der Waals surface area contributed by atoms with Crippen molar-refractivity contribution < 1.29 is 9.47 Å². The van der Waals surface area contributed by atoms with Gasteiger partial charge in [0.05, 0.1) is 18.2 Å². The first-order chi connectivity index (χ1) is 15.0. The van der Waals surface area contributed by atoms with Crippen LogP contribution in [0.25, 0.3) is 11.0 Å². The smallest absolute Gasteiger partial charge is 0.296 e. The normalized spacial score (nSPS) is 11.8. The number of nitrogens with zero attached hydrogens (tertiary/aromatic N) is 3. The Morgan fingerprint density at radius 2 is 1.97 bits per heavy atom. The molecule has 9 heteroatoms. The van der Waals surface area contributed by atoms with Gasteiger partial charge in [-0.3, -0.25) is 9.59 Å². The van der Waals surface area contributed by atoms with E-state index in [1.54, 1.807) is 37.5 Å². The van der Waals surface area contributed by atoms with E-state index in [1.165, 1.54) is 0 Å². The van der Waals surface area contributed by atoms with Crippen LogP contribution in [0.2, 0.25) is 5.02 Å². The van der Waals surface area contributed by atoms with Crippen molar-refractivity contribution in [3.05, 3.63) is 89.5 Å². The Hall–Kier alpha value is -3.23. The molecule has 2 aromatic heterocycles. The van der Waals surface area contributed by atoms with Crippen molar-refractivity contribution in [1.29, 1.82) is 0 Å². The number of methoxy groups -OCH3 is 1. The van der Waals surface area contributed by atoms with Gasteiger partial charge in [-0.25, -0.2) is 0 Å². The lowest BCUT2D eigenvalue weighted by Crippen LogP contribution is -2.28. The Morgan fingerprint density at radius 1 is 1.16 bits per heavy atom. The second kappa shape index (κ2) is 8.87. The van der Waals surface area contributed by atoms with Gasteiger partial charge in [0.15, 0.2) is 11.5 Å². The molecule has 0 bridgehead atoms. The molecule has 0 saturated carbocycles. The van der Waals surface area contributed by atoms with E-state index in [4.69, 9.17) is 21.1 Å². The summed E-state index contributed by atoms with van der Waals surface area (Å²) in [5, 5.41) is 4.79. The lowest BCUT2D eigenvalue weighted by Gasteiger charge is -2.09. The van der Waals surface area contributed by atoms with Gasteiger partial charge < -0.3 is 9.47 Å². The van der Waals surface area contributed by atoms with E-state index in [1.807, 2.05) is 25.1 Å². The van der Waals surface area contributed by atoms with Crippen molar-refractivity contribution in [1.82, 2.24) is 14.6 Å². The summed E-state index contributed by atoms with van der Waals surface area (Å²) in [6.45, 7) is 2.41. The summed E-state index contributed by atoms with van der Waals surface area (Å²) in [5.74, 6) is 1.19. The zero-order valence-electron chi connectivity index (χ0n) is 16.8. The minimum absolute atomic E-state index is 0.162. The Morgan fingerprint density at radius 3 is 2.71 bits per heavy atom. The monoisotopic (exact) mass is 455 g/mol. The van der Waals surface area contributed by atoms with Crippen LogP contribution in [0, 0.1) is 0 Å². The first kappa shape index (κ1) is 21.0. The summed E-state index contributed by atoms with van der Waals surface area (Å²) >= 11 is 7.29. The molecule has 0 aliphatic heterocycles. The van der Waals surface area contributed by atoms with Gasteiger partial charge in [0.2, 0.25) is 4.96 Å². The molecule has 158 valence electrons. The average Bonchev–Trinajstić information content (AvgIpc) is 3.05. The Balaban J connectivity index is 1.77. The topological polar surface area (TPSA) is 82.8 Å². The molecule has 0 unspecified atom stereocenters. The highest BCUT2D eigenvalue weighted by Gasteiger charge is 2.13. The Bertz CT molecular complexity index is 1430. The second-order valence-corrected chi connectivity index (χ2v) is 8.00. The SMILES string of the molecule is CCOc1ccc(/C=c2/sc3nc(=O)c(Cc4ccccc4Cl)nn3c2=O)cc1OC. The highest BCUT2D eigenvalue weighted by Crippen LogP contribution is 2.28. The maximum absolute atomic E-state index is 12.9. The maximum atomic E-state index is 12.9. The third-order valence-electron chi connectivity index (χ3n) is 4.55. The second-order valence-electron chi connectivity index (χ2n) is 6.59. The quantitative estimate of drug-likeness (QED) is 0.444. The van der Waals surface area contributed by atoms with Gasteiger partial charge in [-0.15, -0.1) is 0 Å². The standard InChI is InChI=1S/C22H18ClN3O4S/c1-3-30-17-9-8-13(10-18(17)29-2)11-19-21(28)26-22(31-19)24-20(27)16(25-26)12-14-6-4-5-7-15(14)23/h4-11H,3,12H2,1-2H3/b19-11+. The molecule has 4 rings (SSSR count). The van der Waals surface area contributed by atoms with Crippen LogP contribution >= 0.6 is 22.9 Å². The molecule has 0 spiro atoms. The van der Waals surface area contributed by atoms with Gasteiger partial charge in [0, 0.05) is 11.4 Å². The molecular formula is C22H18ClN3O4S. The van der Waals surface area contributed by atoms with Gasteiger partial charge in [0.1, 0.15) is 5.69 Å². The van der Waals surface area contributed by atoms with Crippen molar-refractivity contribution in [3.8, 4) is 11.5 Å². The summed E-state index contributed by atoms with van der Waals surface area (Å²) < 4.78 is 12.4. The molecule has 0 fully saturated rings. The fraction of sp³-hybridized carbons (Fsp3) is 0.182. The zero-order chi connectivity index (χ0) is 22.0. The van der Waals surface area contributed by atoms with Gasteiger partial charge in [-0.1, -0.05) is 47.2 Å². The third-order valence-corrected chi connectivity index (χ3v) is 5.88. The number of hydrogen-bond donors (Lipinski definition) is 0. The van der Waals surface area contributed by atoms with Crippen LogP contribution in [-0.2, 0) is 6.42 Å². The van der Waals surface area contributed by atoms with Crippen LogP contribution in [0.1, 0.15) is 23.7 Å². The number of hydrogen-bond acceptors (Lipinski definition) is 7. The molecule has 7 nitrogen and oxygen atoms in total. The van der Waals surface area contributed by atoms with Crippen LogP contribution in [0.15, 0.2) is 52.1 Å². The number of rotatable bonds is 6. The fourth-order valence-electron chi connectivity index (χ4n) is 3.07. The lowest BCUT2D eigenvalue weighted by molar-refractivity contribution is 0.311. The van der Waals surface area contributed by atoms with E-state index >= 15 is 0 Å². The van der Waals surface area contributed by atoms with E-state index < -0.39 is 5.56 Å². The predicted molar refractivity (Wildman–Crippen MR) is 121 cm³/mol. The number of ether oxygens (including phenoxy) is 2. The van der Waals surface area contributed by atoms with E-state index in [0.29, 0.717) is 27.7 Å². The van der Waals surface area contributed by atoms with Crippen molar-refractivity contribution in [2.24, 2.45) is 0 Å². The van der Waals surface area contributed by atoms with Crippen LogP contribution in [0.5, 0.6) is 11.5 Å². The molecule has 0 saturated heterocycles. The lowest BCUT2D eigenvalue weighted by atomic mass is 10.1. The summed E-state index contributed by atoms with van der Waals surface area (Å²) in [5.41, 5.74) is 0.834. The van der Waals surface area contributed by atoms with Crippen LogP contribution in [-0.4, -0.2) is 28.3 Å². The van der Waals surface area contributed by atoms with E-state index in [0.717, 1.165) is 27.0 Å². The van der Waals surface area contributed by atoms with Crippen molar-refractivity contribution >= 4 is 34.0 Å². The van der Waals surface area contributed by atoms with Gasteiger partial charge in [-0.05, 0) is 42.3 Å². The molecule has 0 amide bonds. The minimum atomic E-state index is -0.476. The molecule has 0 aliphatic carbocycles. The molecule has 0 N–H and O–H groups in total. The summed E-state index contributed by atoms with van der Waals surface area (Å²) in [6, 6.07) is 12.6. The molecule has 31 heavy (non-hydrogen) atoms. The van der Waals surface area contributed by atoms with Crippen molar-refractivity contribution in [3.63, 3.8) is 0 Å². The van der Waals surface area contributed by atoms with E-state index in [2.05, 4.69) is 10.1 Å². The van der Waals surface area contributed by atoms with E-state index in [9.17, 15) is 9.59 Å². The first-order valence-corrected chi connectivity index (χ1v) is 10.7. The minimum Gasteiger partial charge on any atom is -0.493 e. The third kappa shape index (κ3) is 4.30. The summed E-state index contributed by atoms with van der Waals surface area (Å²) in [7, 11) is 1.56. The molecule has 4 aromatic rings. The highest BCUT2D eigenvalue weighted by molar-refractivity contribution is 7.15. The number of aromatic nitrogens is 3. The average molecular weight is 456 g/mol. The number of thiazole rings is 1. The van der Waals surface area contributed by atoms with Crippen molar-refractivity contribution in [2.45, 2.75) is 13.3 Å². The van der Waals surface area contributed by atoms with Gasteiger partial charge in [-0.2, -0.15) is 14.6 Å². The molecule has 0 aliphatic rings. The predicted octanol–water partition coefficient (Wildman–Crippen LogP) is 2.71. The van der Waals surface area contributed by atoms with E-state index in [-0.39, 0.29) is 22.6 Å². The molecule has 0 atom stereocenters. The first-order valence-electron chi connectivity index (χ1n) is 9.49. The highest BCUT2D eigenvalue weighted by atomic mass is 35.5. The zero-order valence-corrected chi connectivity index (χ0v) is 18.4. The maximum Gasteiger partial charge on any atom is 0.296 e. The number of fused-ring (bicyclic) bond motifs is 1. The van der Waals surface area contributed by atoms with Crippen LogP contribution in [0.3, 0.4) is 0 Å².